The summed E-state index contributed by atoms with van der Waals surface area (Å²) in [4.78, 5) is 13.3. The highest BCUT2D eigenvalue weighted by Gasteiger charge is 2.48. The lowest BCUT2D eigenvalue weighted by Gasteiger charge is -2.39. The van der Waals surface area contributed by atoms with Crippen molar-refractivity contribution in [3.8, 4) is 0 Å². The Kier molecular flexibility index (Phi) is 3.99. The number of likely N-dealkylation sites (tertiary alicyclic amines) is 1. The third-order valence-electron chi connectivity index (χ3n) is 4.79. The highest BCUT2D eigenvalue weighted by atomic mass is 32.2. The first kappa shape index (κ1) is 17.0. The predicted molar refractivity (Wildman–Crippen MR) is 84.5 cm³/mol. The molecule has 8 nitrogen and oxygen atoms in total. The number of aromatic amines is 1. The van der Waals surface area contributed by atoms with Gasteiger partial charge in [-0.05, 0) is 31.0 Å². The van der Waals surface area contributed by atoms with E-state index < -0.39 is 38.6 Å². The molecule has 2 aliphatic rings. The highest BCUT2D eigenvalue weighted by molar-refractivity contribution is 7.89. The van der Waals surface area contributed by atoms with Gasteiger partial charge in [-0.2, -0.15) is 19.7 Å². The summed E-state index contributed by atoms with van der Waals surface area (Å²) in [5.74, 6) is -2.16. The minimum absolute atomic E-state index is 0.150. The molecule has 1 N–H and O–H groups in total. The fourth-order valence-electron chi connectivity index (χ4n) is 3.68. The monoisotopic (exact) mass is 383 g/mol. The molecule has 11 heteroatoms. The molecule has 138 valence electrons. The van der Waals surface area contributed by atoms with Gasteiger partial charge in [0.1, 0.15) is 16.5 Å². The van der Waals surface area contributed by atoms with Crippen molar-refractivity contribution < 1.29 is 22.0 Å². The molecule has 0 radical (unpaired) electrons. The molecule has 26 heavy (non-hydrogen) atoms. The molecule has 1 amide bonds. The number of carbonyl (C=O) groups is 1. The fourth-order valence-corrected chi connectivity index (χ4v) is 5.61. The van der Waals surface area contributed by atoms with Crippen LogP contribution >= 0.6 is 0 Å². The summed E-state index contributed by atoms with van der Waals surface area (Å²) >= 11 is 0. The van der Waals surface area contributed by atoms with Gasteiger partial charge in [-0.15, -0.1) is 0 Å². The quantitative estimate of drug-likeness (QED) is 0.844. The summed E-state index contributed by atoms with van der Waals surface area (Å²) in [6.45, 7) is 0.330. The van der Waals surface area contributed by atoms with Crippen LogP contribution in [-0.4, -0.2) is 64.1 Å². The second kappa shape index (κ2) is 6.09. The van der Waals surface area contributed by atoms with E-state index in [-0.39, 0.29) is 24.7 Å². The minimum Gasteiger partial charge on any atom is -0.334 e. The number of rotatable bonds is 3. The Hall–Kier alpha value is -2.40. The largest absolute Gasteiger partial charge is 0.334 e. The first-order chi connectivity index (χ1) is 12.4. The number of sulfonamides is 1. The Morgan fingerprint density at radius 1 is 1.19 bits per heavy atom. The van der Waals surface area contributed by atoms with Crippen LogP contribution in [0.15, 0.2) is 29.3 Å². The minimum atomic E-state index is -4.21. The van der Waals surface area contributed by atoms with Gasteiger partial charge >= 0.3 is 0 Å². The lowest BCUT2D eigenvalue weighted by atomic mass is 10.2. The van der Waals surface area contributed by atoms with Crippen LogP contribution in [0.5, 0.6) is 0 Å². The Morgan fingerprint density at radius 2 is 1.88 bits per heavy atom. The van der Waals surface area contributed by atoms with Gasteiger partial charge in [0.2, 0.25) is 10.0 Å². The number of benzene rings is 1. The summed E-state index contributed by atoms with van der Waals surface area (Å²) in [5, 5.41) is 9.71. The van der Waals surface area contributed by atoms with Gasteiger partial charge in [-0.3, -0.25) is 4.79 Å². The van der Waals surface area contributed by atoms with E-state index in [1.54, 1.807) is 0 Å². The van der Waals surface area contributed by atoms with Gasteiger partial charge in [0, 0.05) is 25.2 Å². The Balaban J connectivity index is 1.62. The van der Waals surface area contributed by atoms with Crippen molar-refractivity contribution >= 4 is 15.9 Å². The zero-order valence-corrected chi connectivity index (χ0v) is 14.3. The van der Waals surface area contributed by atoms with Crippen molar-refractivity contribution in [3.63, 3.8) is 0 Å². The van der Waals surface area contributed by atoms with Crippen molar-refractivity contribution in [3.05, 3.63) is 41.7 Å². The molecule has 2 unspecified atom stereocenters. The van der Waals surface area contributed by atoms with E-state index in [9.17, 15) is 22.0 Å². The van der Waals surface area contributed by atoms with E-state index in [2.05, 4.69) is 15.4 Å². The van der Waals surface area contributed by atoms with Crippen molar-refractivity contribution in [1.82, 2.24) is 24.6 Å². The first-order valence-corrected chi connectivity index (χ1v) is 9.45. The maximum atomic E-state index is 14.0. The van der Waals surface area contributed by atoms with Crippen molar-refractivity contribution in [2.24, 2.45) is 0 Å². The summed E-state index contributed by atoms with van der Waals surface area (Å²) in [5.41, 5.74) is 0.150. The van der Waals surface area contributed by atoms with Crippen molar-refractivity contribution in [1.29, 1.82) is 0 Å². The van der Waals surface area contributed by atoms with Crippen LogP contribution in [0.1, 0.15) is 23.3 Å². The summed E-state index contributed by atoms with van der Waals surface area (Å²) < 4.78 is 54.5. The van der Waals surface area contributed by atoms with Crippen molar-refractivity contribution in [2.45, 2.75) is 29.8 Å². The van der Waals surface area contributed by atoms with Gasteiger partial charge in [0.15, 0.2) is 5.69 Å². The number of halogens is 2. The van der Waals surface area contributed by atoms with E-state index in [1.807, 2.05) is 0 Å². The van der Waals surface area contributed by atoms with Gasteiger partial charge in [-0.25, -0.2) is 17.2 Å². The zero-order valence-electron chi connectivity index (χ0n) is 13.5. The van der Waals surface area contributed by atoms with Gasteiger partial charge in [-0.1, -0.05) is 0 Å². The number of H-pyrrole nitrogens is 1. The number of hydrogen-bond donors (Lipinski definition) is 1. The number of hydrogen-bond acceptors (Lipinski definition) is 5. The number of aromatic nitrogens is 3. The lowest BCUT2D eigenvalue weighted by Crippen LogP contribution is -2.57. The topological polar surface area (TPSA) is 99.3 Å². The standard InChI is InChI=1S/C15H15F2N5O3S/c16-9-1-4-12(17)14(5-9)26(24,25)22-10-2-3-11(22)8-21(7-10)15(23)13-6-18-20-19-13/h1,4-6,10-11H,2-3,7-8H2,(H,18,19,20). The van der Waals surface area contributed by atoms with E-state index in [0.29, 0.717) is 18.9 Å². The molecule has 1 aromatic carbocycles. The van der Waals surface area contributed by atoms with Crippen LogP contribution in [0.3, 0.4) is 0 Å². The Bertz CT molecular complexity index is 936. The number of piperazine rings is 1. The third-order valence-corrected chi connectivity index (χ3v) is 6.81. The molecule has 4 rings (SSSR count). The van der Waals surface area contributed by atoms with E-state index in [1.165, 1.54) is 15.4 Å². The van der Waals surface area contributed by atoms with E-state index in [0.717, 1.165) is 12.1 Å². The molecular formula is C15H15F2N5O3S. The molecule has 2 fully saturated rings. The molecular weight excluding hydrogens is 368 g/mol. The molecule has 0 aliphatic carbocycles. The first-order valence-electron chi connectivity index (χ1n) is 8.01. The van der Waals surface area contributed by atoms with Crippen LogP contribution in [0, 0.1) is 11.6 Å². The van der Waals surface area contributed by atoms with Crippen LogP contribution in [0.25, 0.3) is 0 Å². The number of nitrogens with one attached hydrogen (secondary N) is 1. The van der Waals surface area contributed by atoms with E-state index >= 15 is 0 Å². The van der Waals surface area contributed by atoms with E-state index in [4.69, 9.17) is 0 Å². The molecule has 0 saturated carbocycles. The van der Waals surface area contributed by atoms with Crippen LogP contribution in [0.2, 0.25) is 0 Å². The second-order valence-corrected chi connectivity index (χ2v) is 8.17. The number of carbonyl (C=O) groups excluding carboxylic acids is 1. The molecule has 2 bridgehead atoms. The SMILES string of the molecule is O=C(c1cn[nH]n1)N1CC2CCC(C1)N2S(=O)(=O)c1cc(F)ccc1F. The second-order valence-electron chi connectivity index (χ2n) is 6.36. The number of fused-ring (bicyclic) bond motifs is 2. The van der Waals surface area contributed by atoms with Gasteiger partial charge in [0.05, 0.1) is 6.20 Å². The average Bonchev–Trinajstić information content (AvgIpc) is 3.23. The van der Waals surface area contributed by atoms with Crippen LogP contribution in [-0.2, 0) is 10.0 Å². The Labute approximate surface area is 147 Å². The summed E-state index contributed by atoms with van der Waals surface area (Å²) in [6, 6.07) is 1.39. The molecule has 2 saturated heterocycles. The maximum Gasteiger partial charge on any atom is 0.276 e. The number of amides is 1. The molecule has 2 atom stereocenters. The zero-order chi connectivity index (χ0) is 18.5. The number of nitrogens with zero attached hydrogens (tertiary/aromatic N) is 4. The van der Waals surface area contributed by atoms with Crippen LogP contribution in [0.4, 0.5) is 8.78 Å². The Morgan fingerprint density at radius 3 is 2.50 bits per heavy atom. The predicted octanol–water partition coefficient (Wildman–Crippen LogP) is 0.761. The van der Waals surface area contributed by atoms with Crippen molar-refractivity contribution in [2.75, 3.05) is 13.1 Å². The van der Waals surface area contributed by atoms with Gasteiger partial charge in [0.25, 0.3) is 5.91 Å². The highest BCUT2D eigenvalue weighted by Crippen LogP contribution is 2.36. The molecule has 3 heterocycles. The molecule has 2 aromatic rings. The summed E-state index contributed by atoms with van der Waals surface area (Å²) in [7, 11) is -4.21. The smallest absolute Gasteiger partial charge is 0.276 e. The van der Waals surface area contributed by atoms with Crippen LogP contribution < -0.4 is 0 Å². The lowest BCUT2D eigenvalue weighted by molar-refractivity contribution is 0.0608. The maximum absolute atomic E-state index is 14.0. The normalized spacial score (nSPS) is 23.4. The average molecular weight is 383 g/mol. The molecule has 2 aliphatic heterocycles. The molecule has 0 spiro atoms. The fraction of sp³-hybridized carbons (Fsp3) is 0.400. The third kappa shape index (κ3) is 2.67. The van der Waals surface area contributed by atoms with Gasteiger partial charge < -0.3 is 4.90 Å². The molecule has 1 aromatic heterocycles. The summed E-state index contributed by atoms with van der Waals surface area (Å²) in [6.07, 6.45) is 2.39.